The van der Waals surface area contributed by atoms with Crippen LogP contribution >= 0.6 is 30.7 Å². The number of halogens is 1. The Kier molecular flexibility index (Phi) is 11.0. The predicted molar refractivity (Wildman–Crippen MR) is 220 cm³/mol. The van der Waals surface area contributed by atoms with E-state index in [1.807, 2.05) is 78.9 Å². The first-order valence-electron chi connectivity index (χ1n) is 18.3. The van der Waals surface area contributed by atoms with Gasteiger partial charge in [0.1, 0.15) is 17.3 Å². The highest BCUT2D eigenvalue weighted by Gasteiger charge is 2.36. The van der Waals surface area contributed by atoms with E-state index < -0.39 is 7.75 Å². The Morgan fingerprint density at radius 1 is 0.759 bits per heavy atom. The number of likely N-dealkylation sites (tertiary alicyclic amines) is 1. The molecule has 5 aromatic carbocycles. The molecule has 2 aliphatic rings. The average Bonchev–Trinajstić information content (AvgIpc) is 3.83. The smallest absolute Gasteiger partial charge is 0.399 e. The third-order valence-corrected chi connectivity index (χ3v) is 12.9. The third kappa shape index (κ3) is 8.34. The van der Waals surface area contributed by atoms with Gasteiger partial charge in [-0.1, -0.05) is 121 Å². The van der Waals surface area contributed by atoms with E-state index in [0.717, 1.165) is 56.9 Å². The zero-order valence-corrected chi connectivity index (χ0v) is 32.2. The fraction of sp³-hybridized carbons (Fsp3) is 0.205. The highest BCUT2D eigenvalue weighted by Crippen LogP contribution is 2.52. The zero-order chi connectivity index (χ0) is 36.9. The van der Waals surface area contributed by atoms with Crippen molar-refractivity contribution in [2.24, 2.45) is 4.76 Å². The van der Waals surface area contributed by atoms with Crippen LogP contribution < -0.4 is 9.05 Å². The number of rotatable bonds is 12. The lowest BCUT2D eigenvalue weighted by Crippen LogP contribution is -2.37. The molecule has 0 saturated carbocycles. The monoisotopic (exact) mass is 773 g/mol. The van der Waals surface area contributed by atoms with E-state index in [1.54, 1.807) is 35.6 Å². The lowest BCUT2D eigenvalue weighted by molar-refractivity contribution is 0.282. The number of hydrogen-bond donors (Lipinski definition) is 1. The van der Waals surface area contributed by atoms with Gasteiger partial charge in [0.15, 0.2) is 0 Å². The summed E-state index contributed by atoms with van der Waals surface area (Å²) in [5.41, 5.74) is 5.15. The molecule has 7 nitrogen and oxygen atoms in total. The molecule has 0 amide bonds. The van der Waals surface area contributed by atoms with Crippen molar-refractivity contribution >= 4 is 52.2 Å². The molecule has 1 fully saturated rings. The second-order valence-electron chi connectivity index (χ2n) is 13.7. The molecule has 274 valence electrons. The molecule has 0 spiro atoms. The number of nitrogens with zero attached hydrogens (tertiary/aromatic N) is 3. The van der Waals surface area contributed by atoms with Gasteiger partial charge < -0.3 is 19.1 Å². The summed E-state index contributed by atoms with van der Waals surface area (Å²) in [7, 11) is -4.24. The van der Waals surface area contributed by atoms with E-state index in [2.05, 4.69) is 46.2 Å². The van der Waals surface area contributed by atoms with Crippen LogP contribution in [0.2, 0.25) is 5.02 Å². The number of aliphatic hydroxyl groups is 1. The van der Waals surface area contributed by atoms with E-state index >= 15 is 4.57 Å². The van der Waals surface area contributed by atoms with Gasteiger partial charge in [-0.3, -0.25) is 4.90 Å². The topological polar surface area (TPSA) is 74.6 Å². The number of thiophene rings is 1. The molecule has 3 heterocycles. The van der Waals surface area contributed by atoms with Crippen LogP contribution in [0.4, 0.5) is 0 Å². The molecule has 1 aromatic heterocycles. The Balaban J connectivity index is 1.27. The van der Waals surface area contributed by atoms with Crippen molar-refractivity contribution < 1.29 is 18.7 Å². The molecular weight excluding hydrogens is 733 g/mol. The second-order valence-corrected chi connectivity index (χ2v) is 16.7. The molecule has 1 atom stereocenters. The van der Waals surface area contributed by atoms with Crippen LogP contribution in [-0.4, -0.2) is 33.8 Å². The summed E-state index contributed by atoms with van der Waals surface area (Å²) >= 11 is 8.77. The maximum Gasteiger partial charge on any atom is 0.564 e. The lowest BCUT2D eigenvalue weighted by Gasteiger charge is -2.38. The number of aliphatic hydroxyl groups excluding tert-OH is 1. The fourth-order valence-corrected chi connectivity index (χ4v) is 9.98. The van der Waals surface area contributed by atoms with E-state index in [1.165, 1.54) is 18.4 Å². The molecule has 0 bridgehead atoms. The Hall–Kier alpha value is -4.69. The van der Waals surface area contributed by atoms with Gasteiger partial charge in [-0.15, -0.1) is 16.1 Å². The molecule has 0 radical (unpaired) electrons. The molecule has 0 aliphatic carbocycles. The first-order chi connectivity index (χ1) is 26.4. The molecule has 54 heavy (non-hydrogen) atoms. The molecular formula is C44H41ClN3O4PS. The Morgan fingerprint density at radius 3 is 2.00 bits per heavy atom. The van der Waals surface area contributed by atoms with Crippen molar-refractivity contribution in [3.05, 3.63) is 172 Å². The van der Waals surface area contributed by atoms with Gasteiger partial charge in [0, 0.05) is 27.9 Å². The van der Waals surface area contributed by atoms with Gasteiger partial charge in [0.05, 0.1) is 24.2 Å². The second kappa shape index (κ2) is 16.4. The Bertz CT molecular complexity index is 2260. The minimum atomic E-state index is -4.24. The van der Waals surface area contributed by atoms with E-state index in [4.69, 9.17) is 25.4 Å². The van der Waals surface area contributed by atoms with Crippen molar-refractivity contribution in [3.8, 4) is 11.5 Å². The molecule has 1 N–H and O–H groups in total. The highest BCUT2D eigenvalue weighted by molar-refractivity contribution is 7.53. The largest absolute Gasteiger partial charge is 0.564 e. The summed E-state index contributed by atoms with van der Waals surface area (Å²) < 4.78 is 33.6. The standard InChI is InChI=1S/C44H41ClN3O4PS/c45-44-39-15-7-8-16-41(39)54-42(44)30-48-40(35-23-17-32(18-24-35)29-47-25-9-10-26-47)27-36(34-21-19-33(31-49)20-22-34)28-43(48)46-53(50,51-37-11-3-1-4-12-37)52-38-13-5-2-6-14-38/h1-8,11-24,27,40,49H,9-10,25-26,28-31H2/b46-43-. The molecule has 10 heteroatoms. The number of benzene rings is 5. The molecule has 2 aliphatic heterocycles. The van der Waals surface area contributed by atoms with Crippen LogP contribution in [0.15, 0.2) is 144 Å². The summed E-state index contributed by atoms with van der Waals surface area (Å²) in [5, 5.41) is 11.5. The maximum absolute atomic E-state index is 15.1. The normalized spacial score (nSPS) is 17.2. The molecule has 1 unspecified atom stereocenters. The van der Waals surface area contributed by atoms with Crippen LogP contribution in [0.1, 0.15) is 52.4 Å². The summed E-state index contributed by atoms with van der Waals surface area (Å²) in [4.78, 5) is 5.67. The number of hydrogen-bond acceptors (Lipinski definition) is 6. The zero-order valence-electron chi connectivity index (χ0n) is 29.8. The molecule has 1 saturated heterocycles. The third-order valence-electron chi connectivity index (χ3n) is 9.89. The summed E-state index contributed by atoms with van der Waals surface area (Å²) in [6.07, 6.45) is 5.11. The van der Waals surface area contributed by atoms with Crippen molar-refractivity contribution in [1.29, 1.82) is 0 Å². The van der Waals surface area contributed by atoms with E-state index in [-0.39, 0.29) is 12.6 Å². The number of fused-ring (bicyclic) bond motifs is 1. The molecule has 6 aromatic rings. The Morgan fingerprint density at radius 2 is 1.37 bits per heavy atom. The van der Waals surface area contributed by atoms with Crippen molar-refractivity contribution in [2.75, 3.05) is 13.1 Å². The summed E-state index contributed by atoms with van der Waals surface area (Å²) in [6.45, 7) is 3.56. The minimum Gasteiger partial charge on any atom is -0.399 e. The van der Waals surface area contributed by atoms with Crippen molar-refractivity contribution in [1.82, 2.24) is 9.80 Å². The summed E-state index contributed by atoms with van der Waals surface area (Å²) in [5.74, 6) is 1.32. The van der Waals surface area contributed by atoms with Crippen LogP contribution in [-0.2, 0) is 24.3 Å². The summed E-state index contributed by atoms with van der Waals surface area (Å²) in [6, 6.07) is 42.6. The predicted octanol–water partition coefficient (Wildman–Crippen LogP) is 11.3. The maximum atomic E-state index is 15.1. The van der Waals surface area contributed by atoms with Gasteiger partial charge in [0.25, 0.3) is 0 Å². The number of amidine groups is 1. The van der Waals surface area contributed by atoms with Crippen LogP contribution in [0.25, 0.3) is 15.7 Å². The van der Waals surface area contributed by atoms with E-state index in [0.29, 0.717) is 35.3 Å². The van der Waals surface area contributed by atoms with Gasteiger partial charge in [-0.05, 0) is 84.1 Å². The first kappa shape index (κ1) is 36.3. The van der Waals surface area contributed by atoms with Gasteiger partial charge in [-0.25, -0.2) is 4.57 Å². The Labute approximate surface area is 325 Å². The highest BCUT2D eigenvalue weighted by atomic mass is 35.5. The van der Waals surface area contributed by atoms with Gasteiger partial charge in [-0.2, -0.15) is 0 Å². The van der Waals surface area contributed by atoms with Crippen molar-refractivity contribution in [3.63, 3.8) is 0 Å². The minimum absolute atomic E-state index is 0.0427. The number of para-hydroxylation sites is 2. The quantitative estimate of drug-likeness (QED) is 0.125. The van der Waals surface area contributed by atoms with Crippen LogP contribution in [0, 0.1) is 0 Å². The first-order valence-corrected chi connectivity index (χ1v) is 20.9. The van der Waals surface area contributed by atoms with Crippen LogP contribution in [0.5, 0.6) is 11.5 Å². The molecule has 8 rings (SSSR count). The van der Waals surface area contributed by atoms with Gasteiger partial charge >= 0.3 is 7.75 Å². The van der Waals surface area contributed by atoms with Crippen LogP contribution in [0.3, 0.4) is 0 Å². The van der Waals surface area contributed by atoms with Gasteiger partial charge in [0.2, 0.25) is 0 Å². The lowest BCUT2D eigenvalue weighted by atomic mass is 9.90. The van der Waals surface area contributed by atoms with Crippen molar-refractivity contribution in [2.45, 2.75) is 45.0 Å². The van der Waals surface area contributed by atoms with E-state index in [9.17, 15) is 5.11 Å². The fourth-order valence-electron chi connectivity index (χ4n) is 7.12. The SMILES string of the molecule is O=P(/N=C1/CC(c2ccc(CO)cc2)=CC(c2ccc(CN3CCCC3)cc2)N1Cc1sc2ccccc2c1Cl)(Oc1ccccc1)Oc1ccccc1. The average molecular weight is 774 g/mol.